The standard InChI is InChI=1S/C18H20P2/c1-19-11-13-7-3-5-9-15(13)17(19)18-16-10-6-4-8-14(16)12-20(18)2/h3-10,17-18H,11-12H2,1-2H3/t17-,18-,19?,20?/m1/s1. The van der Waals surface area contributed by atoms with Crippen molar-refractivity contribution in [2.24, 2.45) is 0 Å². The summed E-state index contributed by atoms with van der Waals surface area (Å²) in [5.41, 5.74) is 8.19. The molecule has 4 rings (SSSR count). The molecule has 0 spiro atoms. The summed E-state index contributed by atoms with van der Waals surface area (Å²) in [4.78, 5) is 0. The second-order valence-electron chi connectivity index (χ2n) is 6.12. The van der Waals surface area contributed by atoms with E-state index in [0.717, 1.165) is 11.3 Å². The molecule has 0 aliphatic carbocycles. The van der Waals surface area contributed by atoms with E-state index in [1.165, 1.54) is 12.3 Å². The van der Waals surface area contributed by atoms with E-state index in [1.54, 1.807) is 22.3 Å². The minimum Gasteiger partial charge on any atom is -0.0967 e. The summed E-state index contributed by atoms with van der Waals surface area (Å²) in [5, 5.41) is 0. The summed E-state index contributed by atoms with van der Waals surface area (Å²) in [7, 11) is 0.198. The molecule has 2 aromatic carbocycles. The van der Waals surface area contributed by atoms with E-state index in [1.807, 2.05) is 0 Å². The van der Waals surface area contributed by atoms with Crippen molar-refractivity contribution in [3.8, 4) is 0 Å². The van der Waals surface area contributed by atoms with Gasteiger partial charge < -0.3 is 0 Å². The van der Waals surface area contributed by atoms with E-state index >= 15 is 0 Å². The third-order valence-corrected chi connectivity index (χ3v) is 9.80. The summed E-state index contributed by atoms with van der Waals surface area (Å²) in [6, 6.07) is 18.4. The first kappa shape index (κ1) is 13.0. The van der Waals surface area contributed by atoms with E-state index in [0.29, 0.717) is 0 Å². The Morgan fingerprint density at radius 2 is 1.10 bits per heavy atom. The van der Waals surface area contributed by atoms with Gasteiger partial charge in [0.25, 0.3) is 0 Å². The average Bonchev–Trinajstić information content (AvgIpc) is 2.94. The van der Waals surface area contributed by atoms with Crippen molar-refractivity contribution in [3.63, 3.8) is 0 Å². The van der Waals surface area contributed by atoms with E-state index in [4.69, 9.17) is 0 Å². The summed E-state index contributed by atoms with van der Waals surface area (Å²) in [5.74, 6) is 0. The molecule has 0 N–H and O–H groups in total. The van der Waals surface area contributed by atoms with Gasteiger partial charge >= 0.3 is 0 Å². The van der Waals surface area contributed by atoms with Gasteiger partial charge in [-0.25, -0.2) is 0 Å². The van der Waals surface area contributed by atoms with Gasteiger partial charge in [0.1, 0.15) is 0 Å². The highest BCUT2D eigenvalue weighted by Gasteiger charge is 2.41. The minimum atomic E-state index is 0.0988. The molecular formula is C18H20P2. The predicted octanol–water partition coefficient (Wildman–Crippen LogP) is 5.72. The lowest BCUT2D eigenvalue weighted by Gasteiger charge is -2.29. The van der Waals surface area contributed by atoms with Gasteiger partial charge in [-0.15, -0.1) is 0 Å². The molecule has 0 saturated heterocycles. The highest BCUT2D eigenvalue weighted by atomic mass is 31.1. The third-order valence-electron chi connectivity index (χ3n) is 4.84. The molecule has 0 radical (unpaired) electrons. The van der Waals surface area contributed by atoms with Crippen molar-refractivity contribution in [1.82, 2.24) is 0 Å². The average molecular weight is 298 g/mol. The van der Waals surface area contributed by atoms with Crippen molar-refractivity contribution >= 4 is 15.8 Å². The van der Waals surface area contributed by atoms with Gasteiger partial charge in [-0.1, -0.05) is 64.4 Å². The van der Waals surface area contributed by atoms with Crippen LogP contribution in [0.25, 0.3) is 0 Å². The lowest BCUT2D eigenvalue weighted by atomic mass is 9.98. The Hall–Kier alpha value is -0.700. The maximum absolute atomic E-state index is 2.52. The molecule has 102 valence electrons. The lowest BCUT2D eigenvalue weighted by molar-refractivity contribution is 0.900. The lowest BCUT2D eigenvalue weighted by Crippen LogP contribution is -2.03. The normalized spacial score (nSPS) is 31.1. The summed E-state index contributed by atoms with van der Waals surface area (Å²) in [6.45, 7) is 5.04. The van der Waals surface area contributed by atoms with Crippen molar-refractivity contribution in [2.75, 3.05) is 13.3 Å². The van der Waals surface area contributed by atoms with Crippen LogP contribution in [0.5, 0.6) is 0 Å². The second-order valence-corrected chi connectivity index (χ2v) is 10.9. The first-order valence-electron chi connectivity index (χ1n) is 7.32. The predicted molar refractivity (Wildman–Crippen MR) is 91.5 cm³/mol. The first-order chi connectivity index (χ1) is 9.75. The zero-order valence-corrected chi connectivity index (χ0v) is 13.9. The quantitative estimate of drug-likeness (QED) is 0.591. The fraction of sp³-hybridized carbons (Fsp3) is 0.333. The maximum Gasteiger partial charge on any atom is 0.0153 e. The van der Waals surface area contributed by atoms with Gasteiger partial charge in [0, 0.05) is 11.3 Å². The zero-order valence-electron chi connectivity index (χ0n) is 12.1. The monoisotopic (exact) mass is 298 g/mol. The largest absolute Gasteiger partial charge is 0.0967 e. The van der Waals surface area contributed by atoms with Crippen LogP contribution in [0.4, 0.5) is 0 Å². The van der Waals surface area contributed by atoms with Crippen molar-refractivity contribution in [2.45, 2.75) is 23.6 Å². The van der Waals surface area contributed by atoms with Gasteiger partial charge in [-0.05, 0) is 47.9 Å². The molecule has 20 heavy (non-hydrogen) atoms. The Labute approximate surface area is 124 Å². The number of hydrogen-bond donors (Lipinski definition) is 0. The van der Waals surface area contributed by atoms with Crippen LogP contribution in [0.1, 0.15) is 33.6 Å². The molecule has 2 heterocycles. The molecule has 0 nitrogen and oxygen atoms in total. The third kappa shape index (κ3) is 1.89. The topological polar surface area (TPSA) is 0 Å². The Balaban J connectivity index is 1.82. The number of hydrogen-bond acceptors (Lipinski definition) is 0. The van der Waals surface area contributed by atoms with Crippen molar-refractivity contribution in [1.29, 1.82) is 0 Å². The molecule has 0 amide bonds. The van der Waals surface area contributed by atoms with Crippen LogP contribution in [0, 0.1) is 0 Å². The van der Waals surface area contributed by atoms with Crippen LogP contribution in [-0.4, -0.2) is 13.3 Å². The van der Waals surface area contributed by atoms with Gasteiger partial charge in [-0.2, -0.15) is 0 Å². The van der Waals surface area contributed by atoms with Crippen molar-refractivity contribution in [3.05, 3.63) is 70.8 Å². The highest BCUT2D eigenvalue weighted by Crippen LogP contribution is 2.73. The van der Waals surface area contributed by atoms with Gasteiger partial charge in [0.05, 0.1) is 0 Å². The van der Waals surface area contributed by atoms with Crippen LogP contribution in [0.2, 0.25) is 0 Å². The molecular weight excluding hydrogens is 278 g/mol. The Morgan fingerprint density at radius 1 is 0.700 bits per heavy atom. The molecule has 0 fully saturated rings. The van der Waals surface area contributed by atoms with Crippen LogP contribution < -0.4 is 0 Å². The van der Waals surface area contributed by atoms with Crippen LogP contribution >= 0.6 is 15.8 Å². The molecule has 2 aromatic rings. The molecule has 2 unspecified atom stereocenters. The number of rotatable bonds is 1. The minimum absolute atomic E-state index is 0.0988. The van der Waals surface area contributed by atoms with Gasteiger partial charge in [-0.3, -0.25) is 0 Å². The van der Waals surface area contributed by atoms with Gasteiger partial charge in [0.2, 0.25) is 0 Å². The molecule has 0 aromatic heterocycles. The highest BCUT2D eigenvalue weighted by molar-refractivity contribution is 7.61. The van der Waals surface area contributed by atoms with Crippen LogP contribution in [0.3, 0.4) is 0 Å². The fourth-order valence-corrected chi connectivity index (χ4v) is 10.1. The smallest absolute Gasteiger partial charge is 0.0153 e. The molecule has 2 aliphatic rings. The first-order valence-corrected chi connectivity index (χ1v) is 11.4. The zero-order chi connectivity index (χ0) is 13.7. The fourth-order valence-electron chi connectivity index (χ4n) is 3.96. The molecule has 2 heteroatoms. The molecule has 0 saturated carbocycles. The molecule has 2 aliphatic heterocycles. The summed E-state index contributed by atoms with van der Waals surface area (Å²) in [6.07, 6.45) is 2.66. The Bertz CT molecular complexity index is 592. The van der Waals surface area contributed by atoms with Crippen LogP contribution in [0.15, 0.2) is 48.5 Å². The van der Waals surface area contributed by atoms with Gasteiger partial charge in [0.15, 0.2) is 0 Å². The maximum atomic E-state index is 2.52. The van der Waals surface area contributed by atoms with Crippen molar-refractivity contribution < 1.29 is 0 Å². The number of benzene rings is 2. The SMILES string of the molecule is CP1Cc2ccccc2[C@@H]1[C@H]1c2ccccc2CP1C. The summed E-state index contributed by atoms with van der Waals surface area (Å²) < 4.78 is 0. The molecule has 0 bridgehead atoms. The van der Waals surface area contributed by atoms with E-state index < -0.39 is 0 Å². The Morgan fingerprint density at radius 3 is 1.55 bits per heavy atom. The second kappa shape index (κ2) is 4.94. The number of fused-ring (bicyclic) bond motifs is 2. The summed E-state index contributed by atoms with van der Waals surface area (Å²) >= 11 is 0. The Kier molecular flexibility index (Phi) is 3.21. The van der Waals surface area contributed by atoms with Crippen LogP contribution in [-0.2, 0) is 12.3 Å². The van der Waals surface area contributed by atoms with E-state index in [9.17, 15) is 0 Å². The van der Waals surface area contributed by atoms with E-state index in [-0.39, 0.29) is 15.8 Å². The van der Waals surface area contributed by atoms with E-state index in [2.05, 4.69) is 61.9 Å². The molecule has 4 atom stereocenters.